The first-order valence-electron chi connectivity index (χ1n) is 6.12. The summed E-state index contributed by atoms with van der Waals surface area (Å²) in [4.78, 5) is 0. The third-order valence-corrected chi connectivity index (χ3v) is 3.39. The van der Waals surface area contributed by atoms with Gasteiger partial charge in [-0.1, -0.05) is 18.5 Å². The number of nitrogens with zero attached hydrogens (tertiary/aromatic N) is 2. The van der Waals surface area contributed by atoms with Crippen molar-refractivity contribution in [3.8, 4) is 0 Å². The normalized spacial score (nSPS) is 12.9. The van der Waals surface area contributed by atoms with Crippen LogP contribution in [0.15, 0.2) is 22.8 Å². The molecule has 5 heteroatoms. The molecule has 1 N–H and O–H groups in total. The average molecular weight is 269 g/mol. The Morgan fingerprint density at radius 3 is 2.83 bits per heavy atom. The van der Waals surface area contributed by atoms with Gasteiger partial charge < -0.3 is 9.52 Å². The monoisotopic (exact) mass is 268 g/mol. The number of halogens is 1. The van der Waals surface area contributed by atoms with Crippen molar-refractivity contribution >= 4 is 11.6 Å². The minimum Gasteiger partial charge on any atom is -0.467 e. The molecule has 0 aromatic carbocycles. The predicted molar refractivity (Wildman–Crippen MR) is 69.7 cm³/mol. The van der Waals surface area contributed by atoms with Gasteiger partial charge >= 0.3 is 0 Å². The first-order chi connectivity index (χ1) is 8.67. The highest BCUT2D eigenvalue weighted by Gasteiger charge is 2.19. The molecule has 2 rings (SSSR count). The fraction of sp³-hybridized carbons (Fsp3) is 0.462. The molecule has 98 valence electrons. The Bertz CT molecular complexity index is 505. The van der Waals surface area contributed by atoms with E-state index in [0.29, 0.717) is 17.2 Å². The summed E-state index contributed by atoms with van der Waals surface area (Å²) in [7, 11) is 0. The predicted octanol–water partition coefficient (Wildman–Crippen LogP) is 2.99. The number of aromatic nitrogens is 2. The van der Waals surface area contributed by atoms with Gasteiger partial charge in [-0.3, -0.25) is 4.68 Å². The number of aryl methyl sites for hydroxylation is 2. The second kappa shape index (κ2) is 5.59. The fourth-order valence-corrected chi connectivity index (χ4v) is 2.32. The van der Waals surface area contributed by atoms with Gasteiger partial charge in [-0.25, -0.2) is 0 Å². The van der Waals surface area contributed by atoms with Gasteiger partial charge in [-0.2, -0.15) is 5.10 Å². The largest absolute Gasteiger partial charge is 0.467 e. The van der Waals surface area contributed by atoms with Gasteiger partial charge in [0, 0.05) is 13.0 Å². The molecule has 0 aliphatic carbocycles. The number of aliphatic hydroxyl groups excluding tert-OH is 1. The summed E-state index contributed by atoms with van der Waals surface area (Å²) in [5.74, 6) is 0.549. The molecule has 0 fully saturated rings. The van der Waals surface area contributed by atoms with Crippen LogP contribution in [-0.4, -0.2) is 14.9 Å². The fourth-order valence-electron chi connectivity index (χ4n) is 1.98. The van der Waals surface area contributed by atoms with E-state index in [2.05, 4.69) is 5.10 Å². The number of furan rings is 1. The van der Waals surface area contributed by atoms with Gasteiger partial charge in [0.25, 0.3) is 0 Å². The molecule has 1 atom stereocenters. The zero-order valence-electron chi connectivity index (χ0n) is 10.6. The Kier molecular flexibility index (Phi) is 4.09. The zero-order valence-corrected chi connectivity index (χ0v) is 11.3. The highest BCUT2D eigenvalue weighted by atomic mass is 35.5. The molecule has 0 aliphatic rings. The molecule has 2 heterocycles. The Balaban J connectivity index is 2.25. The molecule has 18 heavy (non-hydrogen) atoms. The molecule has 0 saturated heterocycles. The van der Waals surface area contributed by atoms with Crippen molar-refractivity contribution in [1.82, 2.24) is 9.78 Å². The summed E-state index contributed by atoms with van der Waals surface area (Å²) in [6.07, 6.45) is 2.06. The van der Waals surface area contributed by atoms with Crippen LogP contribution in [0.5, 0.6) is 0 Å². The first-order valence-corrected chi connectivity index (χ1v) is 6.50. The lowest BCUT2D eigenvalue weighted by molar-refractivity contribution is 0.147. The molecule has 0 radical (unpaired) electrons. The van der Waals surface area contributed by atoms with E-state index < -0.39 is 6.10 Å². The number of hydrogen-bond donors (Lipinski definition) is 1. The molecule has 0 spiro atoms. The topological polar surface area (TPSA) is 51.2 Å². The zero-order chi connectivity index (χ0) is 13.1. The average Bonchev–Trinajstić information content (AvgIpc) is 2.99. The summed E-state index contributed by atoms with van der Waals surface area (Å²) < 4.78 is 7.03. The molecule has 1 unspecified atom stereocenters. The van der Waals surface area contributed by atoms with Gasteiger partial charge in [0.2, 0.25) is 0 Å². The van der Waals surface area contributed by atoms with Crippen molar-refractivity contribution in [1.29, 1.82) is 0 Å². The van der Waals surface area contributed by atoms with Gasteiger partial charge in [-0.15, -0.1) is 0 Å². The minimum absolute atomic E-state index is 0.410. The van der Waals surface area contributed by atoms with Crippen LogP contribution in [-0.2, 0) is 19.4 Å². The van der Waals surface area contributed by atoms with E-state index in [4.69, 9.17) is 16.0 Å². The van der Waals surface area contributed by atoms with Gasteiger partial charge in [0.1, 0.15) is 11.9 Å². The van der Waals surface area contributed by atoms with Crippen molar-refractivity contribution in [3.05, 3.63) is 40.6 Å². The molecule has 0 aliphatic heterocycles. The summed E-state index contributed by atoms with van der Waals surface area (Å²) in [5, 5.41) is 15.2. The van der Waals surface area contributed by atoms with Crippen molar-refractivity contribution in [3.63, 3.8) is 0 Å². The van der Waals surface area contributed by atoms with Crippen LogP contribution >= 0.6 is 11.6 Å². The Morgan fingerprint density at radius 2 is 2.28 bits per heavy atom. The molecule has 2 aromatic rings. The minimum atomic E-state index is -0.691. The van der Waals surface area contributed by atoms with Crippen LogP contribution in [0.3, 0.4) is 0 Å². The molecule has 0 bridgehead atoms. The Labute approximate surface area is 111 Å². The quantitative estimate of drug-likeness (QED) is 0.907. The number of rotatable bonds is 5. The highest BCUT2D eigenvalue weighted by molar-refractivity contribution is 6.31. The van der Waals surface area contributed by atoms with Crippen molar-refractivity contribution < 1.29 is 9.52 Å². The molecule has 2 aromatic heterocycles. The van der Waals surface area contributed by atoms with E-state index in [1.165, 1.54) is 0 Å². The van der Waals surface area contributed by atoms with Crippen LogP contribution in [0, 0.1) is 0 Å². The van der Waals surface area contributed by atoms with E-state index in [9.17, 15) is 5.11 Å². The highest BCUT2D eigenvalue weighted by Crippen LogP contribution is 2.27. The van der Waals surface area contributed by atoms with Crippen LogP contribution < -0.4 is 0 Å². The maximum absolute atomic E-state index is 10.1. The third-order valence-electron chi connectivity index (χ3n) is 2.95. The van der Waals surface area contributed by atoms with E-state index in [1.807, 2.05) is 18.5 Å². The second-order valence-corrected chi connectivity index (χ2v) is 4.49. The molecule has 4 nitrogen and oxygen atoms in total. The van der Waals surface area contributed by atoms with Gasteiger partial charge in [0.15, 0.2) is 0 Å². The van der Waals surface area contributed by atoms with Crippen molar-refractivity contribution in [2.24, 2.45) is 0 Å². The first kappa shape index (κ1) is 13.2. The smallest absolute Gasteiger partial charge is 0.132 e. The number of hydrogen-bond acceptors (Lipinski definition) is 3. The van der Waals surface area contributed by atoms with E-state index in [0.717, 1.165) is 24.4 Å². The SMILES string of the molecule is CCc1nn(CC)c(CC(O)c2ccco2)c1Cl. The summed E-state index contributed by atoms with van der Waals surface area (Å²) in [6.45, 7) is 4.76. The lowest BCUT2D eigenvalue weighted by atomic mass is 10.1. The lowest BCUT2D eigenvalue weighted by Crippen LogP contribution is -2.08. The molecule has 0 saturated carbocycles. The standard InChI is InChI=1S/C13H17ClN2O2/c1-3-9-13(14)10(16(4-2)15-9)8-11(17)12-6-5-7-18-12/h5-7,11,17H,3-4,8H2,1-2H3. The lowest BCUT2D eigenvalue weighted by Gasteiger charge is -2.09. The van der Waals surface area contributed by atoms with E-state index in [1.54, 1.807) is 18.4 Å². The summed E-state index contributed by atoms with van der Waals surface area (Å²) in [5.41, 5.74) is 1.74. The molecular formula is C13H17ClN2O2. The van der Waals surface area contributed by atoms with Crippen LogP contribution in [0.4, 0.5) is 0 Å². The number of aliphatic hydroxyl groups is 1. The van der Waals surface area contributed by atoms with Crippen molar-refractivity contribution in [2.75, 3.05) is 0 Å². The summed E-state index contributed by atoms with van der Waals surface area (Å²) in [6, 6.07) is 3.51. The Hall–Kier alpha value is -1.26. The van der Waals surface area contributed by atoms with Gasteiger partial charge in [-0.05, 0) is 25.5 Å². The van der Waals surface area contributed by atoms with Crippen molar-refractivity contribution in [2.45, 2.75) is 39.3 Å². The maximum atomic E-state index is 10.1. The van der Waals surface area contributed by atoms with Crippen LogP contribution in [0.25, 0.3) is 0 Å². The summed E-state index contributed by atoms with van der Waals surface area (Å²) >= 11 is 6.29. The van der Waals surface area contributed by atoms with E-state index >= 15 is 0 Å². The Morgan fingerprint density at radius 1 is 1.50 bits per heavy atom. The van der Waals surface area contributed by atoms with Gasteiger partial charge in [0.05, 0.1) is 22.7 Å². The van der Waals surface area contributed by atoms with E-state index in [-0.39, 0.29) is 0 Å². The maximum Gasteiger partial charge on any atom is 0.132 e. The second-order valence-electron chi connectivity index (χ2n) is 4.11. The van der Waals surface area contributed by atoms with Crippen LogP contribution in [0.2, 0.25) is 5.02 Å². The molecule has 0 amide bonds. The third kappa shape index (κ3) is 2.44. The molecular weight excluding hydrogens is 252 g/mol. The van der Waals surface area contributed by atoms with Crippen LogP contribution in [0.1, 0.15) is 37.1 Å².